The van der Waals surface area contributed by atoms with Crippen molar-refractivity contribution in [3.8, 4) is 0 Å². The van der Waals surface area contributed by atoms with E-state index in [1.807, 2.05) is 32.3 Å². The van der Waals surface area contributed by atoms with Gasteiger partial charge in [-0.15, -0.1) is 24.0 Å². The third-order valence-electron chi connectivity index (χ3n) is 4.47. The predicted octanol–water partition coefficient (Wildman–Crippen LogP) is 1.70. The van der Waals surface area contributed by atoms with Crippen LogP contribution >= 0.6 is 24.0 Å². The normalized spacial score (nSPS) is 17.3. The average molecular weight is 488 g/mol. The van der Waals surface area contributed by atoms with Crippen LogP contribution in [-0.4, -0.2) is 73.0 Å². The van der Waals surface area contributed by atoms with Crippen molar-refractivity contribution in [1.29, 1.82) is 0 Å². The van der Waals surface area contributed by atoms with E-state index < -0.39 is 0 Å². The quantitative estimate of drug-likeness (QED) is 0.252. The molecule has 2 rings (SSSR count). The van der Waals surface area contributed by atoms with Crippen LogP contribution in [0.5, 0.6) is 0 Å². The van der Waals surface area contributed by atoms with Crippen molar-refractivity contribution in [1.82, 2.24) is 25.4 Å². The Kier molecular flexibility index (Phi) is 11.3. The maximum absolute atomic E-state index is 12.2. The number of carbonyl (C=O) groups excluding carboxylic acids is 1. The highest BCUT2D eigenvalue weighted by Gasteiger charge is 2.30. The number of nitrogens with one attached hydrogen (secondary N) is 2. The van der Waals surface area contributed by atoms with Gasteiger partial charge >= 0.3 is 0 Å². The molecule has 0 spiro atoms. The Bertz CT molecular complexity index is 581. The van der Waals surface area contributed by atoms with Gasteiger partial charge in [-0.3, -0.25) is 14.7 Å². The third-order valence-corrected chi connectivity index (χ3v) is 4.47. The summed E-state index contributed by atoms with van der Waals surface area (Å²) < 4.78 is 0. The summed E-state index contributed by atoms with van der Waals surface area (Å²) >= 11 is 0. The number of nitrogens with zero attached hydrogens (tertiary/aromatic N) is 4. The first-order valence-electron chi connectivity index (χ1n) is 9.49. The van der Waals surface area contributed by atoms with E-state index in [4.69, 9.17) is 0 Å². The smallest absolute Gasteiger partial charge is 0.239 e. The van der Waals surface area contributed by atoms with Gasteiger partial charge in [-0.2, -0.15) is 0 Å². The van der Waals surface area contributed by atoms with E-state index in [0.29, 0.717) is 6.54 Å². The molecular weight excluding hydrogens is 455 g/mol. The van der Waals surface area contributed by atoms with E-state index in [2.05, 4.69) is 32.4 Å². The van der Waals surface area contributed by atoms with Gasteiger partial charge in [-0.25, -0.2) is 4.99 Å². The van der Waals surface area contributed by atoms with Crippen LogP contribution in [0.4, 0.5) is 0 Å². The second-order valence-corrected chi connectivity index (χ2v) is 6.72. The minimum atomic E-state index is 0. The van der Waals surface area contributed by atoms with Crippen LogP contribution in [0.1, 0.15) is 31.9 Å². The summed E-state index contributed by atoms with van der Waals surface area (Å²) in [6.45, 7) is 6.20. The molecule has 0 aromatic carbocycles. The zero-order valence-electron chi connectivity index (χ0n) is 16.6. The van der Waals surface area contributed by atoms with Gasteiger partial charge in [0.05, 0.1) is 18.3 Å². The average Bonchev–Trinajstić information content (AvgIpc) is 3.11. The Morgan fingerprint density at radius 1 is 1.37 bits per heavy atom. The molecule has 8 heteroatoms. The maximum Gasteiger partial charge on any atom is 0.239 e. The van der Waals surface area contributed by atoms with Crippen LogP contribution in [0.15, 0.2) is 29.4 Å². The Balaban J connectivity index is 0.00000364. The highest BCUT2D eigenvalue weighted by Crippen LogP contribution is 2.18. The van der Waals surface area contributed by atoms with E-state index >= 15 is 0 Å². The minimum absolute atomic E-state index is 0. The molecule has 2 heterocycles. The van der Waals surface area contributed by atoms with Crippen molar-refractivity contribution >= 4 is 35.8 Å². The molecule has 1 unspecified atom stereocenters. The second kappa shape index (κ2) is 12.9. The maximum atomic E-state index is 12.2. The van der Waals surface area contributed by atoms with Crippen LogP contribution < -0.4 is 10.6 Å². The fraction of sp³-hybridized carbons (Fsp3) is 0.632. The van der Waals surface area contributed by atoms with Crippen LogP contribution in [0.25, 0.3) is 0 Å². The molecule has 1 aromatic heterocycles. The van der Waals surface area contributed by atoms with Crippen molar-refractivity contribution in [2.24, 2.45) is 4.99 Å². The fourth-order valence-corrected chi connectivity index (χ4v) is 3.15. The second-order valence-electron chi connectivity index (χ2n) is 6.72. The summed E-state index contributed by atoms with van der Waals surface area (Å²) in [5, 5.41) is 6.63. The lowest BCUT2D eigenvalue weighted by Crippen LogP contribution is -2.44. The van der Waals surface area contributed by atoms with E-state index in [9.17, 15) is 4.79 Å². The molecule has 1 fully saturated rings. The number of guanidine groups is 1. The number of carbonyl (C=O) groups is 1. The summed E-state index contributed by atoms with van der Waals surface area (Å²) in [6, 6.07) is 5.90. The predicted molar refractivity (Wildman–Crippen MR) is 120 cm³/mol. The van der Waals surface area contributed by atoms with Crippen molar-refractivity contribution in [2.75, 3.05) is 40.3 Å². The Morgan fingerprint density at radius 3 is 2.85 bits per heavy atom. The number of hydrogen-bond acceptors (Lipinski definition) is 4. The molecule has 1 aliphatic heterocycles. The molecule has 27 heavy (non-hydrogen) atoms. The highest BCUT2D eigenvalue weighted by molar-refractivity contribution is 14.0. The van der Waals surface area contributed by atoms with Crippen molar-refractivity contribution in [2.45, 2.75) is 38.8 Å². The molecule has 0 aliphatic carbocycles. The molecule has 152 valence electrons. The lowest BCUT2D eigenvalue weighted by atomic mass is 10.2. The molecule has 1 amide bonds. The molecule has 1 saturated heterocycles. The van der Waals surface area contributed by atoms with Gasteiger partial charge in [0.2, 0.25) is 5.91 Å². The third kappa shape index (κ3) is 8.00. The Labute approximate surface area is 180 Å². The zero-order valence-corrected chi connectivity index (χ0v) is 19.0. The first-order chi connectivity index (χ1) is 12.6. The number of aromatic nitrogens is 1. The largest absolute Gasteiger partial charge is 0.357 e. The van der Waals surface area contributed by atoms with Crippen molar-refractivity contribution in [3.63, 3.8) is 0 Å². The highest BCUT2D eigenvalue weighted by atomic mass is 127. The van der Waals surface area contributed by atoms with Crippen molar-refractivity contribution in [3.05, 3.63) is 30.1 Å². The number of pyridine rings is 1. The standard InChI is InChI=1S/C19H32N6O.HI/c1-4-20-19(23-15-16-9-5-6-11-21-16)22-12-8-14-25-13-7-10-17(25)18(26)24(2)3;/h5-6,9,11,17H,4,7-8,10,12-15H2,1-3H3,(H2,20,22,23);1H. The van der Waals surface area contributed by atoms with E-state index in [0.717, 1.165) is 57.1 Å². The molecule has 1 aliphatic rings. The topological polar surface area (TPSA) is 72.9 Å². The summed E-state index contributed by atoms with van der Waals surface area (Å²) in [6.07, 6.45) is 4.84. The molecular formula is C19H33IN6O. The molecule has 0 radical (unpaired) electrons. The first kappa shape index (κ1) is 23.6. The zero-order chi connectivity index (χ0) is 18.8. The molecule has 1 aromatic rings. The van der Waals surface area contributed by atoms with Gasteiger partial charge < -0.3 is 15.5 Å². The van der Waals surface area contributed by atoms with E-state index in [1.54, 1.807) is 11.1 Å². The molecule has 0 saturated carbocycles. The summed E-state index contributed by atoms with van der Waals surface area (Å²) in [4.78, 5) is 25.1. The number of likely N-dealkylation sites (N-methyl/N-ethyl adjacent to an activating group) is 1. The minimum Gasteiger partial charge on any atom is -0.357 e. The van der Waals surface area contributed by atoms with E-state index in [-0.39, 0.29) is 35.9 Å². The van der Waals surface area contributed by atoms with Crippen LogP contribution in [0, 0.1) is 0 Å². The van der Waals surface area contributed by atoms with Crippen LogP contribution in [-0.2, 0) is 11.3 Å². The van der Waals surface area contributed by atoms with Gasteiger partial charge in [-0.05, 0) is 44.9 Å². The summed E-state index contributed by atoms with van der Waals surface area (Å²) in [5.41, 5.74) is 0.951. The number of likely N-dealkylation sites (tertiary alicyclic amines) is 1. The lowest BCUT2D eigenvalue weighted by molar-refractivity contribution is -0.133. The Hall–Kier alpha value is -1.42. The monoisotopic (exact) mass is 488 g/mol. The van der Waals surface area contributed by atoms with Gasteiger partial charge in [0.15, 0.2) is 5.96 Å². The number of hydrogen-bond donors (Lipinski definition) is 2. The molecule has 2 N–H and O–H groups in total. The SMILES string of the molecule is CCNC(=NCc1ccccn1)NCCCN1CCCC1C(=O)N(C)C.I. The number of rotatable bonds is 8. The van der Waals surface area contributed by atoms with Crippen LogP contribution in [0.2, 0.25) is 0 Å². The number of halogens is 1. The van der Waals surface area contributed by atoms with E-state index in [1.165, 1.54) is 0 Å². The Morgan fingerprint density at radius 2 is 2.19 bits per heavy atom. The van der Waals surface area contributed by atoms with Gasteiger partial charge in [-0.1, -0.05) is 6.07 Å². The summed E-state index contributed by atoms with van der Waals surface area (Å²) in [5.74, 6) is 1.03. The fourth-order valence-electron chi connectivity index (χ4n) is 3.15. The van der Waals surface area contributed by atoms with Crippen molar-refractivity contribution < 1.29 is 4.79 Å². The van der Waals surface area contributed by atoms with Gasteiger partial charge in [0, 0.05) is 39.9 Å². The van der Waals surface area contributed by atoms with Gasteiger partial charge in [0.1, 0.15) is 0 Å². The van der Waals surface area contributed by atoms with Gasteiger partial charge in [0.25, 0.3) is 0 Å². The van der Waals surface area contributed by atoms with Crippen LogP contribution in [0.3, 0.4) is 0 Å². The number of amides is 1. The summed E-state index contributed by atoms with van der Waals surface area (Å²) in [7, 11) is 3.67. The lowest BCUT2D eigenvalue weighted by Gasteiger charge is -2.26. The number of aliphatic imine (C=N–C) groups is 1. The molecule has 0 bridgehead atoms. The molecule has 1 atom stereocenters. The molecule has 7 nitrogen and oxygen atoms in total. The first-order valence-corrected chi connectivity index (χ1v) is 9.49.